The van der Waals surface area contributed by atoms with Crippen molar-refractivity contribution in [2.45, 2.75) is 37.0 Å². The van der Waals surface area contributed by atoms with E-state index in [2.05, 4.69) is 15.9 Å². The molecule has 1 saturated heterocycles. The molecule has 3 aliphatic rings. The van der Waals surface area contributed by atoms with Gasteiger partial charge in [-0.05, 0) is 55.2 Å². The lowest BCUT2D eigenvalue weighted by Gasteiger charge is -2.35. The molecule has 0 unspecified atom stereocenters. The quantitative estimate of drug-likeness (QED) is 0.722. The van der Waals surface area contributed by atoms with Gasteiger partial charge >= 0.3 is 0 Å². The maximum atomic E-state index is 12.8. The number of halogens is 1. The van der Waals surface area contributed by atoms with Crippen LogP contribution >= 0.6 is 15.9 Å². The van der Waals surface area contributed by atoms with E-state index in [0.29, 0.717) is 43.4 Å². The maximum absolute atomic E-state index is 12.8. The van der Waals surface area contributed by atoms with E-state index in [1.807, 2.05) is 11.0 Å². The summed E-state index contributed by atoms with van der Waals surface area (Å²) in [5, 5.41) is 0. The number of hydrogen-bond acceptors (Lipinski definition) is 3. The van der Waals surface area contributed by atoms with Crippen LogP contribution in [0, 0.1) is 17.8 Å². The predicted octanol–water partition coefficient (Wildman–Crippen LogP) is 3.11. The Balaban J connectivity index is 1.34. The lowest BCUT2D eigenvalue weighted by atomic mass is 9.86. The van der Waals surface area contributed by atoms with Gasteiger partial charge in [0.1, 0.15) is 0 Å². The van der Waals surface area contributed by atoms with E-state index in [1.54, 1.807) is 18.2 Å². The number of sulfonamides is 1. The summed E-state index contributed by atoms with van der Waals surface area (Å²) in [6.07, 6.45) is 5.83. The molecule has 0 radical (unpaired) electrons. The third-order valence-electron chi connectivity index (χ3n) is 6.35. The first kappa shape index (κ1) is 18.4. The summed E-state index contributed by atoms with van der Waals surface area (Å²) in [5.74, 6) is 2.37. The van der Waals surface area contributed by atoms with Crippen LogP contribution in [0.15, 0.2) is 33.6 Å². The molecule has 0 spiro atoms. The molecule has 1 aromatic carbocycles. The zero-order valence-corrected chi connectivity index (χ0v) is 17.2. The molecule has 0 N–H and O–H groups in total. The molecular formula is C19H25BrN2O3S. The molecule has 4 rings (SSSR count). The first-order chi connectivity index (χ1) is 12.4. The molecule has 2 bridgehead atoms. The minimum absolute atomic E-state index is 0.210. The van der Waals surface area contributed by atoms with E-state index in [4.69, 9.17) is 0 Å². The lowest BCUT2D eigenvalue weighted by molar-refractivity contribution is -0.133. The Bertz CT molecular complexity index is 790. The number of benzene rings is 1. The Labute approximate surface area is 163 Å². The summed E-state index contributed by atoms with van der Waals surface area (Å²) in [6, 6.07) is 6.78. The van der Waals surface area contributed by atoms with Crippen molar-refractivity contribution in [1.82, 2.24) is 9.21 Å². The monoisotopic (exact) mass is 440 g/mol. The second-order valence-corrected chi connectivity index (χ2v) is 10.7. The zero-order valence-electron chi connectivity index (χ0n) is 14.8. The van der Waals surface area contributed by atoms with E-state index in [0.717, 1.165) is 16.3 Å². The number of carbonyl (C=O) groups excluding carboxylic acids is 1. The highest BCUT2D eigenvalue weighted by molar-refractivity contribution is 9.10. The third kappa shape index (κ3) is 3.58. The smallest absolute Gasteiger partial charge is 0.243 e. The summed E-state index contributed by atoms with van der Waals surface area (Å²) in [4.78, 5) is 14.8. The molecule has 2 saturated carbocycles. The van der Waals surface area contributed by atoms with E-state index in [-0.39, 0.29) is 5.91 Å². The summed E-state index contributed by atoms with van der Waals surface area (Å²) >= 11 is 3.33. The van der Waals surface area contributed by atoms with Gasteiger partial charge in [-0.1, -0.05) is 28.4 Å². The van der Waals surface area contributed by atoms with Crippen LogP contribution < -0.4 is 0 Å². The van der Waals surface area contributed by atoms with Gasteiger partial charge in [0, 0.05) is 37.1 Å². The van der Waals surface area contributed by atoms with Crippen LogP contribution in [0.25, 0.3) is 0 Å². The van der Waals surface area contributed by atoms with Gasteiger partial charge in [-0.15, -0.1) is 0 Å². The number of fused-ring (bicyclic) bond motifs is 2. The molecule has 0 aromatic heterocycles. The Morgan fingerprint density at radius 1 is 1.12 bits per heavy atom. The summed E-state index contributed by atoms with van der Waals surface area (Å²) in [7, 11) is -3.50. The summed E-state index contributed by atoms with van der Waals surface area (Å²) < 4.78 is 27.8. The van der Waals surface area contributed by atoms with Crippen LogP contribution in [0.1, 0.15) is 32.1 Å². The molecule has 1 heterocycles. The van der Waals surface area contributed by atoms with Gasteiger partial charge in [-0.2, -0.15) is 4.31 Å². The fourth-order valence-corrected chi connectivity index (χ4v) is 6.95. The molecule has 3 atom stereocenters. The van der Waals surface area contributed by atoms with Crippen molar-refractivity contribution >= 4 is 31.9 Å². The number of nitrogens with zero attached hydrogens (tertiary/aromatic N) is 2. The van der Waals surface area contributed by atoms with Gasteiger partial charge in [0.2, 0.25) is 15.9 Å². The standard InChI is InChI=1S/C19H25BrN2O3S/c20-17-2-1-3-18(13-17)26(24,25)22-8-6-21(7-9-22)19(23)12-16-11-14-4-5-15(16)10-14/h1-3,13-16H,4-12H2/t14-,15-,16-/m1/s1. The summed E-state index contributed by atoms with van der Waals surface area (Å²) in [5.41, 5.74) is 0. The highest BCUT2D eigenvalue weighted by atomic mass is 79.9. The Kier molecular flexibility index (Phi) is 5.14. The van der Waals surface area contributed by atoms with Crippen LogP contribution in [-0.2, 0) is 14.8 Å². The van der Waals surface area contributed by atoms with Crippen molar-refractivity contribution < 1.29 is 13.2 Å². The average Bonchev–Trinajstić information content (AvgIpc) is 3.25. The predicted molar refractivity (Wildman–Crippen MR) is 103 cm³/mol. The molecule has 3 fully saturated rings. The Hall–Kier alpha value is -0.920. The molecule has 2 aliphatic carbocycles. The van der Waals surface area contributed by atoms with Crippen molar-refractivity contribution in [3.05, 3.63) is 28.7 Å². The fourth-order valence-electron chi connectivity index (χ4n) is 4.93. The number of rotatable bonds is 4. The van der Waals surface area contributed by atoms with Gasteiger partial charge < -0.3 is 4.90 Å². The minimum Gasteiger partial charge on any atom is -0.340 e. The van der Waals surface area contributed by atoms with E-state index in [9.17, 15) is 13.2 Å². The van der Waals surface area contributed by atoms with Crippen LogP contribution in [0.2, 0.25) is 0 Å². The SMILES string of the molecule is O=C(C[C@H]1C[C@@H]2CC[C@@H]1C2)N1CCN(S(=O)(=O)c2cccc(Br)c2)CC1. The third-order valence-corrected chi connectivity index (χ3v) is 8.73. The zero-order chi connectivity index (χ0) is 18.3. The molecule has 26 heavy (non-hydrogen) atoms. The highest BCUT2D eigenvalue weighted by Gasteiger charge is 2.41. The van der Waals surface area contributed by atoms with Crippen LogP contribution in [0.3, 0.4) is 0 Å². The molecular weight excluding hydrogens is 416 g/mol. The van der Waals surface area contributed by atoms with E-state index in [1.165, 1.54) is 30.0 Å². The summed E-state index contributed by atoms with van der Waals surface area (Å²) in [6.45, 7) is 1.73. The second kappa shape index (κ2) is 7.24. The van der Waals surface area contributed by atoms with Crippen LogP contribution in [0.5, 0.6) is 0 Å². The normalized spacial score (nSPS) is 29.3. The Morgan fingerprint density at radius 3 is 2.50 bits per heavy atom. The molecule has 1 aromatic rings. The highest BCUT2D eigenvalue weighted by Crippen LogP contribution is 2.49. The first-order valence-corrected chi connectivity index (χ1v) is 11.7. The maximum Gasteiger partial charge on any atom is 0.243 e. The largest absolute Gasteiger partial charge is 0.340 e. The van der Waals surface area contributed by atoms with Gasteiger partial charge in [0.05, 0.1) is 4.90 Å². The van der Waals surface area contributed by atoms with Crippen molar-refractivity contribution in [1.29, 1.82) is 0 Å². The number of piperazine rings is 1. The second-order valence-electron chi connectivity index (χ2n) is 7.88. The fraction of sp³-hybridized carbons (Fsp3) is 0.632. The van der Waals surface area contributed by atoms with Crippen molar-refractivity contribution in [2.24, 2.45) is 17.8 Å². The number of carbonyl (C=O) groups is 1. The molecule has 1 aliphatic heterocycles. The number of amides is 1. The molecule has 1 amide bonds. The first-order valence-electron chi connectivity index (χ1n) is 9.47. The van der Waals surface area contributed by atoms with Crippen LogP contribution in [0.4, 0.5) is 0 Å². The van der Waals surface area contributed by atoms with Crippen molar-refractivity contribution in [3.8, 4) is 0 Å². The average molecular weight is 441 g/mol. The van der Waals surface area contributed by atoms with Crippen molar-refractivity contribution in [3.63, 3.8) is 0 Å². The van der Waals surface area contributed by atoms with Crippen molar-refractivity contribution in [2.75, 3.05) is 26.2 Å². The van der Waals surface area contributed by atoms with Crippen LogP contribution in [-0.4, -0.2) is 49.7 Å². The van der Waals surface area contributed by atoms with Gasteiger partial charge in [0.25, 0.3) is 0 Å². The van der Waals surface area contributed by atoms with Gasteiger partial charge in [-0.3, -0.25) is 4.79 Å². The lowest BCUT2D eigenvalue weighted by Crippen LogP contribution is -2.50. The van der Waals surface area contributed by atoms with E-state index >= 15 is 0 Å². The number of hydrogen-bond donors (Lipinski definition) is 0. The molecule has 5 nitrogen and oxygen atoms in total. The minimum atomic E-state index is -3.50. The van der Waals surface area contributed by atoms with E-state index < -0.39 is 10.0 Å². The van der Waals surface area contributed by atoms with Gasteiger partial charge in [-0.25, -0.2) is 8.42 Å². The molecule has 142 valence electrons. The van der Waals surface area contributed by atoms with Gasteiger partial charge in [0.15, 0.2) is 0 Å². The topological polar surface area (TPSA) is 57.7 Å². The molecule has 7 heteroatoms. The Morgan fingerprint density at radius 2 is 1.88 bits per heavy atom.